The summed E-state index contributed by atoms with van der Waals surface area (Å²) < 4.78 is 31.3. The van der Waals surface area contributed by atoms with E-state index in [2.05, 4.69) is 0 Å². The van der Waals surface area contributed by atoms with Gasteiger partial charge in [-0.2, -0.15) is 0 Å². The standard InChI is InChI=1S/C10H17F2NO3/c1-3-8(9(14)15)13-6-10(11,12)4-7(13)5-16-2/h7-8H,3-6H2,1-2H3,(H,14,15)/t7-,8-/m1/s1. The Labute approximate surface area is 93.2 Å². The third-order valence-electron chi connectivity index (χ3n) is 2.85. The van der Waals surface area contributed by atoms with Crippen LogP contribution in [0.3, 0.4) is 0 Å². The molecule has 4 nitrogen and oxygen atoms in total. The Bertz CT molecular complexity index is 260. The zero-order valence-corrected chi connectivity index (χ0v) is 9.45. The van der Waals surface area contributed by atoms with Crippen LogP contribution < -0.4 is 0 Å². The number of aliphatic carboxylic acids is 1. The molecule has 0 bridgehead atoms. The molecule has 0 aliphatic carbocycles. The van der Waals surface area contributed by atoms with E-state index in [1.54, 1.807) is 6.92 Å². The first-order valence-electron chi connectivity index (χ1n) is 5.26. The van der Waals surface area contributed by atoms with Gasteiger partial charge in [0.1, 0.15) is 6.04 Å². The minimum Gasteiger partial charge on any atom is -0.480 e. The van der Waals surface area contributed by atoms with Gasteiger partial charge in [-0.25, -0.2) is 8.78 Å². The number of nitrogens with zero attached hydrogens (tertiary/aromatic N) is 1. The lowest BCUT2D eigenvalue weighted by Gasteiger charge is -2.28. The summed E-state index contributed by atoms with van der Waals surface area (Å²) in [5.74, 6) is -3.87. The van der Waals surface area contributed by atoms with Crippen molar-refractivity contribution in [2.45, 2.75) is 37.8 Å². The van der Waals surface area contributed by atoms with Gasteiger partial charge in [-0.15, -0.1) is 0 Å². The Morgan fingerprint density at radius 3 is 2.75 bits per heavy atom. The molecule has 0 amide bonds. The SMILES string of the molecule is CC[C@H](C(=O)O)N1CC(F)(F)C[C@@H]1COC. The molecule has 16 heavy (non-hydrogen) atoms. The number of hydrogen-bond donors (Lipinski definition) is 1. The third kappa shape index (κ3) is 2.89. The van der Waals surface area contributed by atoms with E-state index < -0.39 is 30.5 Å². The predicted molar refractivity (Wildman–Crippen MR) is 53.6 cm³/mol. The minimum absolute atomic E-state index is 0.138. The first-order chi connectivity index (χ1) is 7.41. The third-order valence-corrected chi connectivity index (χ3v) is 2.85. The highest BCUT2D eigenvalue weighted by Crippen LogP contribution is 2.34. The van der Waals surface area contributed by atoms with E-state index in [1.807, 2.05) is 0 Å². The van der Waals surface area contributed by atoms with Gasteiger partial charge in [-0.3, -0.25) is 9.69 Å². The molecule has 1 fully saturated rings. The van der Waals surface area contributed by atoms with Crippen LogP contribution in [0.5, 0.6) is 0 Å². The minimum atomic E-state index is -2.81. The summed E-state index contributed by atoms with van der Waals surface area (Å²) in [7, 11) is 1.43. The lowest BCUT2D eigenvalue weighted by atomic mass is 10.1. The molecule has 2 atom stereocenters. The van der Waals surface area contributed by atoms with Crippen LogP contribution in [0.1, 0.15) is 19.8 Å². The predicted octanol–water partition coefficient (Wildman–Crippen LogP) is 1.21. The topological polar surface area (TPSA) is 49.8 Å². The van der Waals surface area contributed by atoms with E-state index in [1.165, 1.54) is 12.0 Å². The maximum absolute atomic E-state index is 13.2. The molecule has 0 aromatic rings. The van der Waals surface area contributed by atoms with Gasteiger partial charge in [0.2, 0.25) is 0 Å². The maximum Gasteiger partial charge on any atom is 0.320 e. The average Bonchev–Trinajstić information content (AvgIpc) is 2.43. The van der Waals surface area contributed by atoms with Crippen LogP contribution in [0.25, 0.3) is 0 Å². The highest BCUT2D eigenvalue weighted by Gasteiger charge is 2.48. The van der Waals surface area contributed by atoms with Gasteiger partial charge in [0.25, 0.3) is 5.92 Å². The van der Waals surface area contributed by atoms with Gasteiger partial charge in [-0.05, 0) is 6.42 Å². The second kappa shape index (κ2) is 5.05. The van der Waals surface area contributed by atoms with Crippen LogP contribution in [-0.4, -0.2) is 54.2 Å². The van der Waals surface area contributed by atoms with E-state index in [0.29, 0.717) is 6.42 Å². The van der Waals surface area contributed by atoms with E-state index in [4.69, 9.17) is 9.84 Å². The van der Waals surface area contributed by atoms with Crippen LogP contribution in [0.2, 0.25) is 0 Å². The van der Waals surface area contributed by atoms with Gasteiger partial charge in [-0.1, -0.05) is 6.92 Å². The Morgan fingerprint density at radius 1 is 1.69 bits per heavy atom. The molecule has 0 aromatic heterocycles. The fourth-order valence-electron chi connectivity index (χ4n) is 2.19. The molecule has 1 saturated heterocycles. The summed E-state index contributed by atoms with van der Waals surface area (Å²) in [5, 5.41) is 8.96. The average molecular weight is 237 g/mol. The van der Waals surface area contributed by atoms with Crippen molar-refractivity contribution in [3.63, 3.8) is 0 Å². The molecule has 0 spiro atoms. The zero-order chi connectivity index (χ0) is 12.3. The molecule has 1 aliphatic heterocycles. The molecular formula is C10H17F2NO3. The van der Waals surface area contributed by atoms with Crippen LogP contribution >= 0.6 is 0 Å². The van der Waals surface area contributed by atoms with Gasteiger partial charge in [0, 0.05) is 19.6 Å². The second-order valence-electron chi connectivity index (χ2n) is 4.10. The summed E-state index contributed by atoms with van der Waals surface area (Å²) in [6.07, 6.45) is -0.0176. The zero-order valence-electron chi connectivity index (χ0n) is 9.45. The van der Waals surface area contributed by atoms with E-state index in [0.717, 1.165) is 0 Å². The summed E-state index contributed by atoms with van der Waals surface area (Å²) in [4.78, 5) is 12.3. The molecule has 94 valence electrons. The fourth-order valence-corrected chi connectivity index (χ4v) is 2.19. The smallest absolute Gasteiger partial charge is 0.320 e. The van der Waals surface area contributed by atoms with Gasteiger partial charge >= 0.3 is 5.97 Å². The van der Waals surface area contributed by atoms with Crippen molar-refractivity contribution in [2.75, 3.05) is 20.3 Å². The Morgan fingerprint density at radius 2 is 2.31 bits per heavy atom. The molecule has 0 unspecified atom stereocenters. The van der Waals surface area contributed by atoms with Gasteiger partial charge in [0.15, 0.2) is 0 Å². The normalized spacial score (nSPS) is 26.9. The lowest BCUT2D eigenvalue weighted by molar-refractivity contribution is -0.144. The van der Waals surface area contributed by atoms with Crippen molar-refractivity contribution in [1.82, 2.24) is 4.90 Å². The second-order valence-corrected chi connectivity index (χ2v) is 4.10. The maximum atomic E-state index is 13.2. The number of carbonyl (C=O) groups is 1. The van der Waals surface area contributed by atoms with Gasteiger partial charge < -0.3 is 9.84 Å². The van der Waals surface area contributed by atoms with Crippen LogP contribution in [0.15, 0.2) is 0 Å². The van der Waals surface area contributed by atoms with Crippen LogP contribution in [0, 0.1) is 0 Å². The fraction of sp³-hybridized carbons (Fsp3) is 0.900. The van der Waals surface area contributed by atoms with Crippen LogP contribution in [-0.2, 0) is 9.53 Å². The number of halogens is 2. The molecule has 1 heterocycles. The van der Waals surface area contributed by atoms with Crippen molar-refractivity contribution in [3.8, 4) is 0 Å². The molecule has 0 radical (unpaired) electrons. The summed E-state index contributed by atoms with van der Waals surface area (Å²) in [5.41, 5.74) is 0. The number of alkyl halides is 2. The number of carboxylic acid groups (broad SMARTS) is 1. The largest absolute Gasteiger partial charge is 0.480 e. The number of methoxy groups -OCH3 is 1. The summed E-state index contributed by atoms with van der Waals surface area (Å²) >= 11 is 0. The summed E-state index contributed by atoms with van der Waals surface area (Å²) in [6.45, 7) is 1.32. The first kappa shape index (κ1) is 13.3. The number of likely N-dealkylation sites (tertiary alicyclic amines) is 1. The first-order valence-corrected chi connectivity index (χ1v) is 5.26. The van der Waals surface area contributed by atoms with Crippen molar-refractivity contribution >= 4 is 5.97 Å². The van der Waals surface area contributed by atoms with Crippen LogP contribution in [0.4, 0.5) is 8.78 Å². The van der Waals surface area contributed by atoms with E-state index in [-0.39, 0.29) is 13.0 Å². The number of carboxylic acids is 1. The molecule has 6 heteroatoms. The van der Waals surface area contributed by atoms with Crippen molar-refractivity contribution in [3.05, 3.63) is 0 Å². The summed E-state index contributed by atoms with van der Waals surface area (Å²) in [6, 6.07) is -1.37. The molecule has 0 aromatic carbocycles. The number of hydrogen-bond acceptors (Lipinski definition) is 3. The monoisotopic (exact) mass is 237 g/mol. The lowest BCUT2D eigenvalue weighted by Crippen LogP contribution is -2.45. The molecule has 1 aliphatic rings. The van der Waals surface area contributed by atoms with Crippen molar-refractivity contribution in [1.29, 1.82) is 0 Å². The van der Waals surface area contributed by atoms with Crippen molar-refractivity contribution in [2.24, 2.45) is 0 Å². The number of ether oxygens (including phenoxy) is 1. The van der Waals surface area contributed by atoms with Crippen molar-refractivity contribution < 1.29 is 23.4 Å². The highest BCUT2D eigenvalue weighted by atomic mass is 19.3. The van der Waals surface area contributed by atoms with E-state index >= 15 is 0 Å². The molecule has 1 rings (SSSR count). The highest BCUT2D eigenvalue weighted by molar-refractivity contribution is 5.73. The Balaban J connectivity index is 2.79. The Hall–Kier alpha value is -0.750. The molecular weight excluding hydrogens is 220 g/mol. The Kier molecular flexibility index (Phi) is 4.21. The van der Waals surface area contributed by atoms with Gasteiger partial charge in [0.05, 0.1) is 13.2 Å². The molecule has 1 N–H and O–H groups in total. The molecule has 0 saturated carbocycles. The quantitative estimate of drug-likeness (QED) is 0.780. The number of rotatable bonds is 5. The van der Waals surface area contributed by atoms with E-state index in [9.17, 15) is 13.6 Å².